The van der Waals surface area contributed by atoms with Crippen molar-refractivity contribution in [3.8, 4) is 0 Å². The van der Waals surface area contributed by atoms with E-state index < -0.39 is 0 Å². The fourth-order valence-corrected chi connectivity index (χ4v) is 3.92. The molecule has 3 nitrogen and oxygen atoms in total. The largest absolute Gasteiger partial charge is 0.318 e. The van der Waals surface area contributed by atoms with Gasteiger partial charge in [0, 0.05) is 11.1 Å². The van der Waals surface area contributed by atoms with E-state index >= 15 is 0 Å². The molecule has 0 bridgehead atoms. The predicted molar refractivity (Wildman–Crippen MR) is 78.4 cm³/mol. The molecule has 1 unspecified atom stereocenters. The summed E-state index contributed by atoms with van der Waals surface area (Å²) in [6, 6.07) is 8.30. The van der Waals surface area contributed by atoms with E-state index in [1.165, 1.54) is 12.8 Å². The van der Waals surface area contributed by atoms with Gasteiger partial charge in [-0.25, -0.2) is 0 Å². The molecule has 0 radical (unpaired) electrons. The third-order valence-corrected chi connectivity index (χ3v) is 5.20. The smallest absolute Gasteiger partial charge is 0.244 e. The minimum atomic E-state index is -0.254. The zero-order chi connectivity index (χ0) is 13.7. The fraction of sp³-hybridized carbons (Fsp3) is 0.562. The van der Waals surface area contributed by atoms with Crippen LogP contribution in [0.15, 0.2) is 24.3 Å². The lowest BCUT2D eigenvalue weighted by atomic mass is 10.1. The van der Waals surface area contributed by atoms with Gasteiger partial charge in [-0.15, -0.1) is 0 Å². The second kappa shape index (κ2) is 4.47. The van der Waals surface area contributed by atoms with Crippen molar-refractivity contribution in [1.29, 1.82) is 0 Å². The summed E-state index contributed by atoms with van der Waals surface area (Å²) in [4.78, 5) is 14.9. The zero-order valence-corrected chi connectivity index (χ0v) is 12.2. The Bertz CT molecular complexity index is 549. The highest BCUT2D eigenvalue weighted by molar-refractivity contribution is 6.30. The summed E-state index contributed by atoms with van der Waals surface area (Å²) >= 11 is 6.12. The second-order valence-electron chi connectivity index (χ2n) is 6.33. The van der Waals surface area contributed by atoms with Crippen LogP contribution in [-0.2, 0) is 4.79 Å². The van der Waals surface area contributed by atoms with E-state index in [2.05, 4.69) is 16.3 Å². The van der Waals surface area contributed by atoms with Crippen molar-refractivity contribution in [3.05, 3.63) is 34.9 Å². The highest BCUT2D eigenvalue weighted by Gasteiger charge is 2.60. The minimum Gasteiger partial charge on any atom is -0.318 e. The van der Waals surface area contributed by atoms with Gasteiger partial charge in [-0.05, 0) is 43.4 Å². The summed E-state index contributed by atoms with van der Waals surface area (Å²) < 4.78 is 0. The van der Waals surface area contributed by atoms with E-state index in [0.717, 1.165) is 36.3 Å². The van der Waals surface area contributed by atoms with E-state index in [-0.39, 0.29) is 11.7 Å². The first-order valence-electron chi connectivity index (χ1n) is 7.56. The molecule has 1 spiro atoms. The molecule has 106 valence electrons. The lowest BCUT2D eigenvalue weighted by Crippen LogP contribution is -2.39. The molecule has 1 aromatic carbocycles. The van der Waals surface area contributed by atoms with Gasteiger partial charge in [0.25, 0.3) is 0 Å². The number of nitrogens with one attached hydrogen (secondary N) is 1. The van der Waals surface area contributed by atoms with Gasteiger partial charge in [0.05, 0.1) is 0 Å². The number of carbonyl (C=O) groups excluding carboxylic acids is 1. The molecule has 4 heteroatoms. The average molecular weight is 291 g/mol. The molecule has 1 amide bonds. The van der Waals surface area contributed by atoms with E-state index in [9.17, 15) is 4.79 Å². The van der Waals surface area contributed by atoms with Crippen molar-refractivity contribution in [2.45, 2.75) is 56.3 Å². The number of benzene rings is 1. The van der Waals surface area contributed by atoms with Crippen LogP contribution < -0.4 is 5.32 Å². The van der Waals surface area contributed by atoms with Gasteiger partial charge >= 0.3 is 0 Å². The van der Waals surface area contributed by atoms with Crippen LogP contribution in [0.4, 0.5) is 0 Å². The molecule has 20 heavy (non-hydrogen) atoms. The molecule has 3 fully saturated rings. The molecule has 2 aliphatic carbocycles. The number of nitrogens with zero attached hydrogens (tertiary/aromatic N) is 1. The Hall–Kier alpha value is -1.06. The molecule has 3 aliphatic rings. The number of carbonyl (C=O) groups is 1. The summed E-state index contributed by atoms with van der Waals surface area (Å²) in [7, 11) is 0. The SMILES string of the molecule is O=C1N(C2CCCC2)C(c2cccc(Cl)c2)NC12CC2. The first kappa shape index (κ1) is 12.7. The van der Waals surface area contributed by atoms with Crippen LogP contribution in [0.2, 0.25) is 5.02 Å². The molecule has 1 aliphatic heterocycles. The lowest BCUT2D eigenvalue weighted by Gasteiger charge is -2.30. The molecule has 2 saturated carbocycles. The van der Waals surface area contributed by atoms with E-state index in [1.54, 1.807) is 0 Å². The van der Waals surface area contributed by atoms with Gasteiger partial charge < -0.3 is 4.90 Å². The number of rotatable bonds is 2. The maximum absolute atomic E-state index is 12.8. The topological polar surface area (TPSA) is 32.3 Å². The Morgan fingerprint density at radius 3 is 2.65 bits per heavy atom. The van der Waals surface area contributed by atoms with Gasteiger partial charge in [0.1, 0.15) is 11.7 Å². The van der Waals surface area contributed by atoms with Crippen LogP contribution in [0, 0.1) is 0 Å². The zero-order valence-electron chi connectivity index (χ0n) is 11.4. The lowest BCUT2D eigenvalue weighted by molar-refractivity contribution is -0.133. The first-order chi connectivity index (χ1) is 9.70. The Labute approximate surface area is 124 Å². The number of hydrogen-bond donors (Lipinski definition) is 1. The summed E-state index contributed by atoms with van der Waals surface area (Å²) in [6.45, 7) is 0. The standard InChI is InChI=1S/C16H19ClN2O/c17-12-5-3-4-11(10-12)14-18-16(8-9-16)15(20)19(14)13-6-1-2-7-13/h3-5,10,13-14,18H,1-2,6-9H2. The maximum Gasteiger partial charge on any atom is 0.244 e. The van der Waals surface area contributed by atoms with Crippen LogP contribution in [0.1, 0.15) is 50.3 Å². The van der Waals surface area contributed by atoms with Crippen molar-refractivity contribution >= 4 is 17.5 Å². The molecule has 1 aromatic rings. The van der Waals surface area contributed by atoms with Crippen molar-refractivity contribution in [2.75, 3.05) is 0 Å². The third kappa shape index (κ3) is 1.87. The van der Waals surface area contributed by atoms with Crippen LogP contribution in [-0.4, -0.2) is 22.4 Å². The number of halogens is 1. The van der Waals surface area contributed by atoms with Crippen molar-refractivity contribution < 1.29 is 4.79 Å². The van der Waals surface area contributed by atoms with Crippen LogP contribution in [0.5, 0.6) is 0 Å². The Morgan fingerprint density at radius 2 is 2.00 bits per heavy atom. The van der Waals surface area contributed by atoms with Crippen molar-refractivity contribution in [3.63, 3.8) is 0 Å². The van der Waals surface area contributed by atoms with Crippen molar-refractivity contribution in [2.24, 2.45) is 0 Å². The summed E-state index contributed by atoms with van der Waals surface area (Å²) in [6.07, 6.45) is 6.72. The molecule has 0 aromatic heterocycles. The molecular formula is C16H19ClN2O. The average Bonchev–Trinajstić information content (AvgIpc) is 2.90. The first-order valence-corrected chi connectivity index (χ1v) is 7.93. The quantitative estimate of drug-likeness (QED) is 0.907. The minimum absolute atomic E-state index is 0.00630. The van der Waals surface area contributed by atoms with Gasteiger partial charge in [0.15, 0.2) is 0 Å². The van der Waals surface area contributed by atoms with Crippen LogP contribution in [0.25, 0.3) is 0 Å². The molecule has 1 heterocycles. The van der Waals surface area contributed by atoms with Crippen LogP contribution >= 0.6 is 11.6 Å². The maximum atomic E-state index is 12.8. The summed E-state index contributed by atoms with van der Waals surface area (Å²) in [5.74, 6) is 0.314. The van der Waals surface area contributed by atoms with E-state index in [4.69, 9.17) is 11.6 Å². The molecule has 4 rings (SSSR count). The van der Waals surface area contributed by atoms with Gasteiger partial charge in [-0.2, -0.15) is 0 Å². The highest BCUT2D eigenvalue weighted by Crippen LogP contribution is 2.48. The van der Waals surface area contributed by atoms with Gasteiger partial charge in [-0.3, -0.25) is 10.1 Å². The summed E-state index contributed by atoms with van der Waals surface area (Å²) in [5.41, 5.74) is 0.858. The van der Waals surface area contributed by atoms with Crippen molar-refractivity contribution in [1.82, 2.24) is 10.2 Å². The highest BCUT2D eigenvalue weighted by atomic mass is 35.5. The molecular weight excluding hydrogens is 272 g/mol. The number of amides is 1. The van der Waals surface area contributed by atoms with Crippen LogP contribution in [0.3, 0.4) is 0 Å². The Kier molecular flexibility index (Phi) is 2.83. The van der Waals surface area contributed by atoms with E-state index in [1.807, 2.05) is 18.2 Å². The Morgan fingerprint density at radius 1 is 1.25 bits per heavy atom. The van der Waals surface area contributed by atoms with E-state index in [0.29, 0.717) is 11.9 Å². The molecule has 1 atom stereocenters. The van der Waals surface area contributed by atoms with Gasteiger partial charge in [-0.1, -0.05) is 36.6 Å². The second-order valence-corrected chi connectivity index (χ2v) is 6.77. The fourth-order valence-electron chi connectivity index (χ4n) is 3.72. The molecule has 1 saturated heterocycles. The van der Waals surface area contributed by atoms with Gasteiger partial charge in [0.2, 0.25) is 5.91 Å². The molecule has 1 N–H and O–H groups in total. The number of hydrogen-bond acceptors (Lipinski definition) is 2. The summed E-state index contributed by atoms with van der Waals surface area (Å²) in [5, 5.41) is 4.32. The third-order valence-electron chi connectivity index (χ3n) is 4.97. The predicted octanol–water partition coefficient (Wildman–Crippen LogP) is 3.25. The normalized spacial score (nSPS) is 28.6. The monoisotopic (exact) mass is 290 g/mol. The Balaban J connectivity index is 1.70.